The standard InChI is InChI=1S/C21H25N3O/c1-15(25)22-17-6-8-18(9-7-17)23-19-11-13-24-12-10-16-4-2-3-5-20(16)21(24)14-19/h2-9,19,21,23H,10-14H2,1H3,(H,22,25). The quantitative estimate of drug-likeness (QED) is 0.896. The lowest BCUT2D eigenvalue weighted by molar-refractivity contribution is -0.114. The Morgan fingerprint density at radius 3 is 2.60 bits per heavy atom. The summed E-state index contributed by atoms with van der Waals surface area (Å²) in [5, 5.41) is 6.50. The average molecular weight is 335 g/mol. The minimum atomic E-state index is -0.0379. The maximum absolute atomic E-state index is 11.1. The number of hydrogen-bond acceptors (Lipinski definition) is 3. The van der Waals surface area contributed by atoms with E-state index < -0.39 is 0 Å². The van der Waals surface area contributed by atoms with Gasteiger partial charge in [0.1, 0.15) is 0 Å². The van der Waals surface area contributed by atoms with Crippen molar-refractivity contribution in [2.24, 2.45) is 0 Å². The fraction of sp³-hybridized carbons (Fsp3) is 0.381. The van der Waals surface area contributed by atoms with E-state index in [-0.39, 0.29) is 5.91 Å². The predicted molar refractivity (Wildman–Crippen MR) is 102 cm³/mol. The van der Waals surface area contributed by atoms with E-state index in [1.807, 2.05) is 24.3 Å². The van der Waals surface area contributed by atoms with Gasteiger partial charge in [0.25, 0.3) is 0 Å². The SMILES string of the molecule is CC(=O)Nc1ccc(NC2CCN3CCc4ccccc4C3C2)cc1. The maximum Gasteiger partial charge on any atom is 0.221 e. The summed E-state index contributed by atoms with van der Waals surface area (Å²) in [7, 11) is 0. The van der Waals surface area contributed by atoms with E-state index in [4.69, 9.17) is 0 Å². The molecule has 2 heterocycles. The smallest absolute Gasteiger partial charge is 0.221 e. The summed E-state index contributed by atoms with van der Waals surface area (Å²) >= 11 is 0. The minimum absolute atomic E-state index is 0.0379. The van der Waals surface area contributed by atoms with Crippen molar-refractivity contribution in [3.8, 4) is 0 Å². The molecular formula is C21H25N3O. The van der Waals surface area contributed by atoms with Gasteiger partial charge in [-0.3, -0.25) is 9.69 Å². The van der Waals surface area contributed by atoms with Crippen molar-refractivity contribution in [1.82, 2.24) is 4.90 Å². The second-order valence-corrected chi connectivity index (χ2v) is 7.12. The number of nitrogens with one attached hydrogen (secondary N) is 2. The highest BCUT2D eigenvalue weighted by Crippen LogP contribution is 2.37. The fourth-order valence-corrected chi connectivity index (χ4v) is 4.18. The summed E-state index contributed by atoms with van der Waals surface area (Å²) in [5.41, 5.74) is 5.00. The molecule has 0 aliphatic carbocycles. The molecule has 0 saturated carbocycles. The molecule has 0 spiro atoms. The Morgan fingerprint density at radius 2 is 1.80 bits per heavy atom. The van der Waals surface area contributed by atoms with Crippen LogP contribution in [0.5, 0.6) is 0 Å². The zero-order valence-electron chi connectivity index (χ0n) is 14.7. The van der Waals surface area contributed by atoms with Gasteiger partial charge < -0.3 is 10.6 Å². The highest BCUT2D eigenvalue weighted by Gasteiger charge is 2.33. The van der Waals surface area contributed by atoms with Gasteiger partial charge in [0, 0.05) is 43.5 Å². The highest BCUT2D eigenvalue weighted by molar-refractivity contribution is 5.88. The van der Waals surface area contributed by atoms with Crippen LogP contribution in [0, 0.1) is 0 Å². The monoisotopic (exact) mass is 335 g/mol. The summed E-state index contributed by atoms with van der Waals surface area (Å²) in [6.07, 6.45) is 3.49. The molecule has 4 rings (SSSR count). The van der Waals surface area contributed by atoms with E-state index in [0.717, 1.165) is 24.3 Å². The molecule has 4 nitrogen and oxygen atoms in total. The van der Waals surface area contributed by atoms with Gasteiger partial charge in [-0.25, -0.2) is 0 Å². The second-order valence-electron chi connectivity index (χ2n) is 7.12. The van der Waals surface area contributed by atoms with Crippen LogP contribution in [0.4, 0.5) is 11.4 Å². The number of piperidine rings is 1. The first kappa shape index (κ1) is 16.2. The van der Waals surface area contributed by atoms with Crippen molar-refractivity contribution in [2.45, 2.75) is 38.3 Å². The van der Waals surface area contributed by atoms with Crippen molar-refractivity contribution >= 4 is 17.3 Å². The molecule has 1 saturated heterocycles. The molecule has 0 bridgehead atoms. The molecule has 1 fully saturated rings. The Hall–Kier alpha value is -2.33. The Morgan fingerprint density at radius 1 is 1.04 bits per heavy atom. The number of anilines is 2. The van der Waals surface area contributed by atoms with Crippen LogP contribution in [0.15, 0.2) is 48.5 Å². The summed E-state index contributed by atoms with van der Waals surface area (Å²) in [6.45, 7) is 3.86. The summed E-state index contributed by atoms with van der Waals surface area (Å²) in [6, 6.07) is 17.9. The molecule has 2 aromatic rings. The summed E-state index contributed by atoms with van der Waals surface area (Å²) in [4.78, 5) is 13.8. The third-order valence-electron chi connectivity index (χ3n) is 5.37. The first-order valence-corrected chi connectivity index (χ1v) is 9.15. The van der Waals surface area contributed by atoms with E-state index >= 15 is 0 Å². The maximum atomic E-state index is 11.1. The first-order valence-electron chi connectivity index (χ1n) is 9.15. The van der Waals surface area contributed by atoms with Crippen molar-refractivity contribution in [3.05, 3.63) is 59.7 Å². The van der Waals surface area contributed by atoms with Crippen LogP contribution in [0.25, 0.3) is 0 Å². The topological polar surface area (TPSA) is 44.4 Å². The molecule has 2 aliphatic rings. The zero-order valence-corrected chi connectivity index (χ0v) is 14.7. The molecule has 1 amide bonds. The van der Waals surface area contributed by atoms with Gasteiger partial charge in [-0.2, -0.15) is 0 Å². The van der Waals surface area contributed by atoms with Crippen molar-refractivity contribution in [2.75, 3.05) is 23.7 Å². The molecule has 2 aromatic carbocycles. The number of amides is 1. The van der Waals surface area contributed by atoms with E-state index in [1.165, 1.54) is 37.4 Å². The molecule has 2 aliphatic heterocycles. The summed E-state index contributed by atoms with van der Waals surface area (Å²) < 4.78 is 0. The van der Waals surface area contributed by atoms with Gasteiger partial charge in [-0.05, 0) is 54.7 Å². The molecule has 130 valence electrons. The number of benzene rings is 2. The molecule has 2 unspecified atom stereocenters. The molecule has 4 heteroatoms. The molecule has 2 atom stereocenters. The highest BCUT2D eigenvalue weighted by atomic mass is 16.1. The Bertz CT molecular complexity index is 756. The first-order chi connectivity index (χ1) is 12.2. The normalized spacial score (nSPS) is 22.6. The third kappa shape index (κ3) is 3.54. The van der Waals surface area contributed by atoms with Gasteiger partial charge in [-0.1, -0.05) is 24.3 Å². The number of carbonyl (C=O) groups is 1. The van der Waals surface area contributed by atoms with Gasteiger partial charge in [-0.15, -0.1) is 0 Å². The van der Waals surface area contributed by atoms with Crippen LogP contribution < -0.4 is 10.6 Å². The molecule has 25 heavy (non-hydrogen) atoms. The van der Waals surface area contributed by atoms with Crippen molar-refractivity contribution in [1.29, 1.82) is 0 Å². The van der Waals surface area contributed by atoms with Gasteiger partial charge in [0.15, 0.2) is 0 Å². The van der Waals surface area contributed by atoms with E-state index in [1.54, 1.807) is 0 Å². The van der Waals surface area contributed by atoms with Gasteiger partial charge >= 0.3 is 0 Å². The number of rotatable bonds is 3. The Balaban J connectivity index is 1.44. The number of hydrogen-bond donors (Lipinski definition) is 2. The Labute approximate surface area is 149 Å². The number of nitrogens with zero attached hydrogens (tertiary/aromatic N) is 1. The van der Waals surface area contributed by atoms with Gasteiger partial charge in [0.2, 0.25) is 5.91 Å². The minimum Gasteiger partial charge on any atom is -0.382 e. The molecule has 2 N–H and O–H groups in total. The van der Waals surface area contributed by atoms with E-state index in [0.29, 0.717) is 12.1 Å². The molecule has 0 aromatic heterocycles. The fourth-order valence-electron chi connectivity index (χ4n) is 4.18. The lowest BCUT2D eigenvalue weighted by Gasteiger charge is -2.43. The largest absolute Gasteiger partial charge is 0.382 e. The molecular weight excluding hydrogens is 310 g/mol. The van der Waals surface area contributed by atoms with Gasteiger partial charge in [0.05, 0.1) is 0 Å². The third-order valence-corrected chi connectivity index (χ3v) is 5.37. The Kier molecular flexibility index (Phi) is 4.45. The lowest BCUT2D eigenvalue weighted by atomic mass is 9.85. The van der Waals surface area contributed by atoms with E-state index in [9.17, 15) is 4.79 Å². The van der Waals surface area contributed by atoms with Crippen molar-refractivity contribution < 1.29 is 4.79 Å². The van der Waals surface area contributed by atoms with E-state index in [2.05, 4.69) is 39.8 Å². The summed E-state index contributed by atoms with van der Waals surface area (Å²) in [5.74, 6) is -0.0379. The number of fused-ring (bicyclic) bond motifs is 3. The van der Waals surface area contributed by atoms with Crippen LogP contribution in [0.1, 0.15) is 36.9 Å². The van der Waals surface area contributed by atoms with Crippen molar-refractivity contribution in [3.63, 3.8) is 0 Å². The number of carbonyl (C=O) groups excluding carboxylic acids is 1. The average Bonchev–Trinajstić information content (AvgIpc) is 2.63. The van der Waals surface area contributed by atoms with Crippen LogP contribution >= 0.6 is 0 Å². The van der Waals surface area contributed by atoms with Crippen LogP contribution in [-0.4, -0.2) is 29.9 Å². The zero-order chi connectivity index (χ0) is 17.2. The second kappa shape index (κ2) is 6.89. The van der Waals surface area contributed by atoms with Crippen LogP contribution in [-0.2, 0) is 11.2 Å². The van der Waals surface area contributed by atoms with Crippen LogP contribution in [0.2, 0.25) is 0 Å². The predicted octanol–water partition coefficient (Wildman–Crippen LogP) is 3.82. The van der Waals surface area contributed by atoms with Crippen LogP contribution in [0.3, 0.4) is 0 Å². The molecule has 0 radical (unpaired) electrons. The lowest BCUT2D eigenvalue weighted by Crippen LogP contribution is -2.44.